The monoisotopic (exact) mass is 623 g/mol. The molecule has 14 heteroatoms. The smallest absolute Gasteiger partial charge is 0.418 e. The predicted octanol–water partition coefficient (Wildman–Crippen LogP) is 4.88. The number of piperazine rings is 1. The Morgan fingerprint density at radius 3 is 2.60 bits per heavy atom. The van der Waals surface area contributed by atoms with E-state index < -0.39 is 35.0 Å². The summed E-state index contributed by atoms with van der Waals surface area (Å²) in [5.74, 6) is -0.983. The maximum Gasteiger partial charge on any atom is 0.418 e. The van der Waals surface area contributed by atoms with Crippen LogP contribution in [0.3, 0.4) is 0 Å². The Hall–Kier alpha value is -3.26. The number of likely N-dealkylation sites (N-methyl/N-ethyl adjacent to an activating group) is 1. The number of aromatic nitrogens is 3. The summed E-state index contributed by atoms with van der Waals surface area (Å²) in [5, 5.41) is 10.2. The second kappa shape index (κ2) is 12.0. The number of pyridine rings is 1. The van der Waals surface area contributed by atoms with Crippen molar-refractivity contribution in [2.24, 2.45) is 0 Å². The van der Waals surface area contributed by atoms with Gasteiger partial charge in [-0.2, -0.15) is 23.1 Å². The number of nitrogen functional groups attached to an aromatic ring is 1. The summed E-state index contributed by atoms with van der Waals surface area (Å²) in [6.07, 6.45) is -2.32. The summed E-state index contributed by atoms with van der Waals surface area (Å²) in [7, 11) is 1.99. The van der Waals surface area contributed by atoms with Gasteiger partial charge in [0, 0.05) is 37.1 Å². The van der Waals surface area contributed by atoms with Gasteiger partial charge in [-0.05, 0) is 64.1 Å². The maximum absolute atomic E-state index is 16.5. The molecule has 3 atom stereocenters. The molecule has 3 N–H and O–H groups in total. The van der Waals surface area contributed by atoms with Crippen LogP contribution in [0.25, 0.3) is 22.2 Å². The fraction of sp³-hybridized carbons (Fsp3) is 0.483. The Morgan fingerprint density at radius 1 is 1.23 bits per heavy atom. The van der Waals surface area contributed by atoms with Gasteiger partial charge in [-0.3, -0.25) is 4.90 Å². The first-order valence-corrected chi connectivity index (χ1v) is 14.4. The number of nitrogens with zero attached hydrogens (tertiary/aromatic N) is 6. The van der Waals surface area contributed by atoms with E-state index >= 15 is 4.39 Å². The molecule has 0 aliphatic carbocycles. The molecule has 43 heavy (non-hydrogen) atoms. The maximum atomic E-state index is 16.5. The van der Waals surface area contributed by atoms with Crippen molar-refractivity contribution in [2.45, 2.75) is 51.2 Å². The minimum atomic E-state index is -4.85. The van der Waals surface area contributed by atoms with E-state index in [9.17, 15) is 18.3 Å². The molecule has 0 spiro atoms. The quantitative estimate of drug-likeness (QED) is 0.281. The van der Waals surface area contributed by atoms with Gasteiger partial charge in [-0.15, -0.1) is 0 Å². The van der Waals surface area contributed by atoms with E-state index in [1.165, 1.54) is 19.1 Å². The van der Waals surface area contributed by atoms with E-state index in [2.05, 4.69) is 26.4 Å². The number of aryl methyl sites for hydroxylation is 1. The SMILES string of the molecule is C=CC(O)N1CCN(c2nc(OC[C@@H]3CCCN3C)nc3c(F)c(-c4nc(N)cc(C)c4C(F)(F)F)c(Cl)cc23)[C@@H](C)C1. The fourth-order valence-corrected chi connectivity index (χ4v) is 6.23. The van der Waals surface area contributed by atoms with Crippen molar-refractivity contribution in [1.29, 1.82) is 0 Å². The Balaban J connectivity index is 1.67. The summed E-state index contributed by atoms with van der Waals surface area (Å²) in [6.45, 7) is 9.26. The topological polar surface area (TPSA) is 104 Å². The molecule has 1 unspecified atom stereocenters. The van der Waals surface area contributed by atoms with Gasteiger partial charge in [0.05, 0.1) is 21.8 Å². The zero-order chi connectivity index (χ0) is 31.2. The van der Waals surface area contributed by atoms with Gasteiger partial charge < -0.3 is 25.4 Å². The van der Waals surface area contributed by atoms with Crippen LogP contribution in [0, 0.1) is 12.7 Å². The highest BCUT2D eigenvalue weighted by Gasteiger charge is 2.39. The molecule has 2 aromatic heterocycles. The van der Waals surface area contributed by atoms with Gasteiger partial charge in [0.25, 0.3) is 0 Å². The highest BCUT2D eigenvalue weighted by Crippen LogP contribution is 2.44. The molecule has 5 rings (SSSR count). The van der Waals surface area contributed by atoms with E-state index in [0.29, 0.717) is 25.5 Å². The third-order valence-corrected chi connectivity index (χ3v) is 8.49. The Bertz CT molecular complexity index is 1540. The summed E-state index contributed by atoms with van der Waals surface area (Å²) in [5.41, 5.74) is 2.92. The summed E-state index contributed by atoms with van der Waals surface area (Å²) >= 11 is 6.55. The number of halogens is 5. The molecule has 2 saturated heterocycles. The Morgan fingerprint density at radius 2 is 1.98 bits per heavy atom. The number of aliphatic hydroxyl groups excluding tert-OH is 1. The van der Waals surface area contributed by atoms with E-state index in [-0.39, 0.29) is 52.0 Å². The first-order valence-electron chi connectivity index (χ1n) is 14.0. The number of hydrogen-bond acceptors (Lipinski definition) is 9. The van der Waals surface area contributed by atoms with Crippen LogP contribution in [-0.4, -0.2) is 88.0 Å². The second-order valence-electron chi connectivity index (χ2n) is 11.1. The molecule has 1 aromatic carbocycles. The highest BCUT2D eigenvalue weighted by atomic mass is 35.5. The Kier molecular flexibility index (Phi) is 8.72. The summed E-state index contributed by atoms with van der Waals surface area (Å²) < 4.78 is 65.1. The fourth-order valence-electron chi connectivity index (χ4n) is 5.95. The van der Waals surface area contributed by atoms with E-state index in [1.807, 2.05) is 23.8 Å². The number of alkyl halides is 3. The van der Waals surface area contributed by atoms with E-state index in [0.717, 1.165) is 25.5 Å². The van der Waals surface area contributed by atoms with Crippen molar-refractivity contribution in [3.8, 4) is 17.3 Å². The number of nitrogens with two attached hydrogens (primary N) is 1. The predicted molar refractivity (Wildman–Crippen MR) is 158 cm³/mol. The van der Waals surface area contributed by atoms with Crippen molar-refractivity contribution in [3.05, 3.63) is 46.8 Å². The largest absolute Gasteiger partial charge is 0.462 e. The molecule has 4 heterocycles. The molecule has 0 radical (unpaired) electrons. The number of rotatable bonds is 7. The van der Waals surface area contributed by atoms with Crippen molar-refractivity contribution in [2.75, 3.05) is 50.5 Å². The molecular formula is C29H34ClF4N7O2. The number of likely N-dealkylation sites (tertiary alicyclic amines) is 1. The van der Waals surface area contributed by atoms with E-state index in [1.54, 1.807) is 0 Å². The lowest BCUT2D eigenvalue weighted by Gasteiger charge is -2.42. The van der Waals surface area contributed by atoms with Gasteiger partial charge in [0.15, 0.2) is 5.82 Å². The van der Waals surface area contributed by atoms with Crippen molar-refractivity contribution < 1.29 is 27.4 Å². The molecule has 0 saturated carbocycles. The lowest BCUT2D eigenvalue weighted by molar-refractivity contribution is -0.137. The number of hydrogen-bond donors (Lipinski definition) is 2. The third kappa shape index (κ3) is 6.08. The number of fused-ring (bicyclic) bond motifs is 1. The van der Waals surface area contributed by atoms with Gasteiger partial charge in [0.2, 0.25) is 0 Å². The Labute approximate surface area is 251 Å². The average Bonchev–Trinajstić information content (AvgIpc) is 3.34. The standard InChI is InChI=1S/C29H34ClF4N7O2/c1-5-21(42)40-9-10-41(16(3)13-40)27-18-12-19(30)22(26-23(29(32,33)34)15(2)11-20(35)36-26)24(31)25(18)37-28(38-27)43-14-17-7-6-8-39(17)4/h5,11-12,16-17,21,42H,1,6-10,13-14H2,2-4H3,(H2,35,36)/t16-,17-,21?/m0/s1. The highest BCUT2D eigenvalue weighted by molar-refractivity contribution is 6.34. The molecule has 2 aliphatic heterocycles. The van der Waals surface area contributed by atoms with Gasteiger partial charge >= 0.3 is 12.2 Å². The molecule has 3 aromatic rings. The van der Waals surface area contributed by atoms with Gasteiger partial charge in [-0.1, -0.05) is 18.2 Å². The number of benzene rings is 1. The molecule has 0 amide bonds. The summed E-state index contributed by atoms with van der Waals surface area (Å²) in [4.78, 5) is 18.8. The van der Waals surface area contributed by atoms with Crippen LogP contribution in [0.4, 0.5) is 29.2 Å². The van der Waals surface area contributed by atoms with Crippen LogP contribution in [0.15, 0.2) is 24.8 Å². The first kappa shape index (κ1) is 31.2. The van der Waals surface area contributed by atoms with Crippen LogP contribution in [0.1, 0.15) is 30.9 Å². The minimum absolute atomic E-state index is 0.108. The number of ether oxygens (including phenoxy) is 1. The van der Waals surface area contributed by atoms with Crippen LogP contribution < -0.4 is 15.4 Å². The molecule has 232 valence electrons. The van der Waals surface area contributed by atoms with Gasteiger partial charge in [-0.25, -0.2) is 9.37 Å². The average molecular weight is 624 g/mol. The van der Waals surface area contributed by atoms with Crippen molar-refractivity contribution >= 4 is 34.1 Å². The normalized spacial score (nSPS) is 21.0. The lowest BCUT2D eigenvalue weighted by Crippen LogP contribution is -2.55. The zero-order valence-electron chi connectivity index (χ0n) is 24.1. The van der Waals surface area contributed by atoms with Crippen molar-refractivity contribution in [1.82, 2.24) is 24.8 Å². The van der Waals surface area contributed by atoms with Gasteiger partial charge in [0.1, 0.15) is 30.0 Å². The number of aliphatic hydroxyl groups is 1. The lowest BCUT2D eigenvalue weighted by atomic mass is 9.99. The molecule has 2 aliphatic rings. The second-order valence-corrected chi connectivity index (χ2v) is 11.5. The summed E-state index contributed by atoms with van der Waals surface area (Å²) in [6, 6.07) is 2.24. The van der Waals surface area contributed by atoms with Crippen LogP contribution in [0.5, 0.6) is 6.01 Å². The van der Waals surface area contributed by atoms with Crippen LogP contribution in [-0.2, 0) is 6.18 Å². The molecule has 0 bridgehead atoms. The van der Waals surface area contributed by atoms with Crippen LogP contribution >= 0.6 is 11.6 Å². The molecule has 2 fully saturated rings. The minimum Gasteiger partial charge on any atom is -0.462 e. The van der Waals surface area contributed by atoms with Crippen molar-refractivity contribution in [3.63, 3.8) is 0 Å². The number of anilines is 2. The first-order chi connectivity index (χ1) is 20.3. The van der Waals surface area contributed by atoms with Crippen LogP contribution in [0.2, 0.25) is 5.02 Å². The molecule has 9 nitrogen and oxygen atoms in total. The zero-order valence-corrected chi connectivity index (χ0v) is 24.9. The van der Waals surface area contributed by atoms with E-state index in [4.69, 9.17) is 22.1 Å². The third-order valence-electron chi connectivity index (χ3n) is 8.19. The molecular weight excluding hydrogens is 590 g/mol.